The van der Waals surface area contributed by atoms with Gasteiger partial charge in [-0.25, -0.2) is 19.9 Å². The summed E-state index contributed by atoms with van der Waals surface area (Å²) in [6.45, 7) is -0.334. The molecule has 14 N–H and O–H groups in total. The van der Waals surface area contributed by atoms with Crippen molar-refractivity contribution in [3.63, 3.8) is 0 Å². The second-order valence-electron chi connectivity index (χ2n) is 21.0. The molecule has 1 atom stereocenters. The molecule has 484 valence electrons. The van der Waals surface area contributed by atoms with Gasteiger partial charge in [-0.1, -0.05) is 0 Å². The number of imidazole rings is 4. The van der Waals surface area contributed by atoms with Gasteiger partial charge in [-0.3, -0.25) is 52.7 Å². The van der Waals surface area contributed by atoms with E-state index in [0.29, 0.717) is 11.4 Å². The molecule has 36 heteroatoms. The number of hydrogen-bond acceptors (Lipinski definition) is 17. The molecule has 0 radical (unpaired) electrons. The van der Waals surface area contributed by atoms with E-state index in [2.05, 4.69) is 78.4 Å². The maximum absolute atomic E-state index is 13.4. The van der Waals surface area contributed by atoms with Crippen LogP contribution >= 0.6 is 0 Å². The van der Waals surface area contributed by atoms with Crippen LogP contribution in [0.15, 0.2) is 80.0 Å². The molecule has 92 heavy (non-hydrogen) atoms. The Hall–Kier alpha value is -12.0. The molecule has 8 rings (SSSR count). The lowest BCUT2D eigenvalue weighted by molar-refractivity contribution is -0.118. The highest BCUT2D eigenvalue weighted by Crippen LogP contribution is 2.20. The molecule has 0 aromatic carbocycles. The van der Waals surface area contributed by atoms with E-state index in [1.807, 2.05) is 0 Å². The van der Waals surface area contributed by atoms with Crippen LogP contribution in [0.2, 0.25) is 0 Å². The van der Waals surface area contributed by atoms with E-state index in [4.69, 9.17) is 10.8 Å². The van der Waals surface area contributed by atoms with Crippen LogP contribution in [-0.4, -0.2) is 165 Å². The van der Waals surface area contributed by atoms with Crippen LogP contribution in [0.1, 0.15) is 104 Å². The topological polar surface area (TPSA) is 457 Å². The van der Waals surface area contributed by atoms with Crippen LogP contribution in [0.5, 0.6) is 0 Å². The zero-order valence-electron chi connectivity index (χ0n) is 51.1. The molecule has 11 amide bonds. The van der Waals surface area contributed by atoms with Gasteiger partial charge >= 0.3 is 0 Å². The normalized spacial score (nSPS) is 11.3. The first-order chi connectivity index (χ1) is 43.7. The monoisotopic (exact) mass is 1270 g/mol. The molecule has 0 saturated heterocycles. The van der Waals surface area contributed by atoms with Crippen molar-refractivity contribution in [1.29, 1.82) is 0 Å². The maximum Gasteiger partial charge on any atom is 0.291 e. The fourth-order valence-corrected chi connectivity index (χ4v) is 9.19. The van der Waals surface area contributed by atoms with Gasteiger partial charge in [0.2, 0.25) is 35.2 Å². The maximum atomic E-state index is 13.4. The van der Waals surface area contributed by atoms with Crippen LogP contribution in [0, 0.1) is 0 Å². The Morgan fingerprint density at radius 1 is 0.402 bits per heavy atom. The van der Waals surface area contributed by atoms with Crippen molar-refractivity contribution in [3.05, 3.63) is 126 Å². The van der Waals surface area contributed by atoms with E-state index >= 15 is 0 Å². The first-order valence-corrected chi connectivity index (χ1v) is 28.1. The quantitative estimate of drug-likeness (QED) is 0.0303. The van der Waals surface area contributed by atoms with Gasteiger partial charge in [0.25, 0.3) is 47.3 Å². The molecule has 8 aromatic heterocycles. The summed E-state index contributed by atoms with van der Waals surface area (Å²) in [4.78, 5) is 159. The molecule has 0 aliphatic rings. The molecule has 36 nitrogen and oxygen atoms in total. The molecule has 0 aliphatic heterocycles. The van der Waals surface area contributed by atoms with Crippen molar-refractivity contribution in [3.8, 4) is 0 Å². The number of carbonyl (C=O) groups is 11. The molecule has 0 spiro atoms. The molecular formula is C56H68N24O12. The van der Waals surface area contributed by atoms with Gasteiger partial charge in [0, 0.05) is 151 Å². The van der Waals surface area contributed by atoms with Crippen molar-refractivity contribution >= 4 is 105 Å². The SMILES string of the molecule is Cn1cc(NC(=O)c2nc(NC(=O)CCNC(=O)c3cc(NC(=O)c4nc(NC(=O)[C@H](N)CCNC(=O)c5cc(NC(=O)c6nc(NC(=O)CCNC(=O)c7cc(NC(=O)c8nccn8C)cn7C)cn6C)cn5C)cn4C)cn3C)cn2C)cc1C(=O)NCCO. The summed E-state index contributed by atoms with van der Waals surface area (Å²) in [5.41, 5.74) is 8.11. The number of amides is 11. The fraction of sp³-hybridized carbons (Fsp3) is 0.304. The third kappa shape index (κ3) is 16.4. The molecule has 8 aromatic rings. The number of nitrogens with two attached hydrogens (primary N) is 1. The Kier molecular flexibility index (Phi) is 20.7. The molecule has 0 fully saturated rings. The van der Waals surface area contributed by atoms with Crippen molar-refractivity contribution in [2.24, 2.45) is 62.1 Å². The highest BCUT2D eigenvalue weighted by molar-refractivity contribution is 6.07. The summed E-state index contributed by atoms with van der Waals surface area (Å²) in [5.74, 6) is -5.98. The Morgan fingerprint density at radius 2 is 0.728 bits per heavy atom. The van der Waals surface area contributed by atoms with Gasteiger partial charge in [-0.05, 0) is 30.7 Å². The summed E-state index contributed by atoms with van der Waals surface area (Å²) in [7, 11) is 12.7. The highest BCUT2D eigenvalue weighted by Gasteiger charge is 2.25. The molecular weight excluding hydrogens is 1200 g/mol. The van der Waals surface area contributed by atoms with Gasteiger partial charge in [0.1, 0.15) is 22.8 Å². The largest absolute Gasteiger partial charge is 0.395 e. The number of anilines is 7. The van der Waals surface area contributed by atoms with Crippen LogP contribution < -0.4 is 64.2 Å². The number of aromatic nitrogens is 12. The Morgan fingerprint density at radius 3 is 1.07 bits per heavy atom. The van der Waals surface area contributed by atoms with Crippen LogP contribution in [0.4, 0.5) is 40.2 Å². The number of rotatable bonds is 27. The smallest absolute Gasteiger partial charge is 0.291 e. The van der Waals surface area contributed by atoms with E-state index in [0.717, 1.165) is 0 Å². The standard InChI is InChI=1S/C56H68N24O12/c1-73-17-15-58-44(73)53(89)63-30-19-36(74(2)23-30)50(86)60-13-10-42(82)67-39-27-78(6)45(69-39)54(90)64-31-20-35(75(3)24-31)49(85)59-12-9-34(57)48(84)72-41-29-80(8)47(71-41)56(92)66-32-21-37(76(4)25-32)51(87)61-14-11-43(83)68-40-28-79(7)46(70-40)55(91)65-33-22-38(77(5)26-33)52(88)62-16-18-81/h15,17,19-29,34,81H,9-14,16,18,57H2,1-8H3,(H,59,85)(H,60,86)(H,61,87)(H,62,88)(H,63,89)(H,64,90)(H,65,91)(H,66,92)(H,67,82)(H,68,83)(H,72,84)/t34-/m1/s1. The lowest BCUT2D eigenvalue weighted by Gasteiger charge is -2.11. The van der Waals surface area contributed by atoms with Gasteiger partial charge in [-0.15, -0.1) is 0 Å². The summed E-state index contributed by atoms with van der Waals surface area (Å²) in [6.07, 6.45) is 13.1. The lowest BCUT2D eigenvalue weighted by atomic mass is 10.2. The zero-order chi connectivity index (χ0) is 66.7. The van der Waals surface area contributed by atoms with Crippen LogP contribution in [0.25, 0.3) is 0 Å². The van der Waals surface area contributed by atoms with Gasteiger partial charge < -0.3 is 106 Å². The van der Waals surface area contributed by atoms with Gasteiger partial charge in [0.15, 0.2) is 23.3 Å². The number of aliphatic hydroxyl groups excluding tert-OH is 1. The first-order valence-electron chi connectivity index (χ1n) is 28.1. The summed E-state index contributed by atoms with van der Waals surface area (Å²) < 4.78 is 11.7. The minimum absolute atomic E-state index is 0.00419. The highest BCUT2D eigenvalue weighted by atomic mass is 16.3. The molecule has 0 aliphatic carbocycles. The number of aliphatic hydroxyl groups is 1. The first kappa shape index (κ1) is 66.0. The number of hydrogen-bond donors (Lipinski definition) is 13. The number of carbonyl (C=O) groups excluding carboxylic acids is 11. The average Bonchev–Trinajstić information content (AvgIpc) is 1.77. The zero-order valence-corrected chi connectivity index (χ0v) is 51.1. The molecule has 0 bridgehead atoms. The molecule has 0 unspecified atom stereocenters. The van der Waals surface area contributed by atoms with E-state index in [9.17, 15) is 52.7 Å². The van der Waals surface area contributed by atoms with Crippen molar-refractivity contribution in [1.82, 2.24) is 77.7 Å². The predicted octanol–water partition coefficient (Wildman–Crippen LogP) is -0.691. The second-order valence-corrected chi connectivity index (χ2v) is 21.0. The van der Waals surface area contributed by atoms with E-state index in [1.54, 1.807) is 66.3 Å². The summed E-state index contributed by atoms with van der Waals surface area (Å²) >= 11 is 0. The third-order valence-electron chi connectivity index (χ3n) is 13.8. The number of nitrogens with zero attached hydrogens (tertiary/aromatic N) is 12. The van der Waals surface area contributed by atoms with Crippen LogP contribution in [0.3, 0.4) is 0 Å². The Labute approximate surface area is 522 Å². The minimum atomic E-state index is -1.13. The minimum Gasteiger partial charge on any atom is -0.395 e. The summed E-state index contributed by atoms with van der Waals surface area (Å²) in [6, 6.07) is 4.66. The molecule has 0 saturated carbocycles. The lowest BCUT2D eigenvalue weighted by Crippen LogP contribution is -2.39. The predicted molar refractivity (Wildman–Crippen MR) is 330 cm³/mol. The summed E-state index contributed by atoms with van der Waals surface area (Å²) in [5, 5.41) is 38.0. The number of nitrogens with one attached hydrogen (secondary N) is 11. The van der Waals surface area contributed by atoms with Gasteiger partial charge in [0.05, 0.1) is 35.4 Å². The second kappa shape index (κ2) is 28.9. The Balaban J connectivity index is 0.722. The van der Waals surface area contributed by atoms with Crippen molar-refractivity contribution in [2.45, 2.75) is 25.3 Å². The van der Waals surface area contributed by atoms with E-state index < -0.39 is 71.0 Å². The van der Waals surface area contributed by atoms with Gasteiger partial charge in [-0.2, -0.15) is 0 Å². The van der Waals surface area contributed by atoms with Crippen molar-refractivity contribution < 1.29 is 57.8 Å². The Bertz CT molecular complexity index is 4160. The van der Waals surface area contributed by atoms with E-state index in [1.165, 1.54) is 107 Å². The van der Waals surface area contributed by atoms with Crippen LogP contribution in [-0.2, 0) is 70.8 Å². The average molecular weight is 1270 g/mol. The fourth-order valence-electron chi connectivity index (χ4n) is 9.19. The number of aryl methyl sites for hydroxylation is 8. The van der Waals surface area contributed by atoms with Crippen molar-refractivity contribution in [2.75, 3.05) is 70.0 Å². The van der Waals surface area contributed by atoms with E-state index in [-0.39, 0.29) is 127 Å². The molecule has 8 heterocycles. The third-order valence-corrected chi connectivity index (χ3v) is 13.8.